The third kappa shape index (κ3) is 1.71. The molecular formula is C8H8N2O5. The molecule has 80 valence electrons. The second kappa shape index (κ2) is 3.52. The second-order valence-electron chi connectivity index (χ2n) is 2.99. The van der Waals surface area contributed by atoms with Crippen LogP contribution in [0, 0.1) is 24.0 Å². The number of nitrogens with one attached hydrogen (secondary N) is 1. The van der Waals surface area contributed by atoms with Crippen molar-refractivity contribution >= 4 is 11.7 Å². The van der Waals surface area contributed by atoms with Crippen LogP contribution in [0.15, 0.2) is 4.79 Å². The molecule has 0 bridgehead atoms. The van der Waals surface area contributed by atoms with Gasteiger partial charge in [-0.15, -0.1) is 0 Å². The monoisotopic (exact) mass is 212 g/mol. The largest absolute Gasteiger partial charge is 0.477 e. The lowest BCUT2D eigenvalue weighted by atomic mass is 10.1. The predicted molar refractivity (Wildman–Crippen MR) is 50.2 cm³/mol. The Bertz CT molecular complexity index is 502. The molecule has 1 aromatic rings. The smallest absolute Gasteiger partial charge is 0.341 e. The van der Waals surface area contributed by atoms with E-state index in [4.69, 9.17) is 5.11 Å². The van der Waals surface area contributed by atoms with Gasteiger partial charge in [0.05, 0.1) is 10.6 Å². The molecule has 0 radical (unpaired) electrons. The average Bonchev–Trinajstić information content (AvgIpc) is 1.99. The van der Waals surface area contributed by atoms with Crippen LogP contribution < -0.4 is 5.56 Å². The summed E-state index contributed by atoms with van der Waals surface area (Å²) in [5, 5.41) is 19.3. The average molecular weight is 212 g/mol. The number of hydrogen-bond donors (Lipinski definition) is 2. The van der Waals surface area contributed by atoms with E-state index in [0.29, 0.717) is 0 Å². The van der Waals surface area contributed by atoms with E-state index >= 15 is 0 Å². The molecule has 2 N–H and O–H groups in total. The van der Waals surface area contributed by atoms with E-state index in [2.05, 4.69) is 4.98 Å². The SMILES string of the molecule is Cc1[nH]c(=O)c(C(=O)O)c(C)c1[N+](=O)[O-]. The number of rotatable bonds is 2. The van der Waals surface area contributed by atoms with Gasteiger partial charge in [0.2, 0.25) is 0 Å². The molecule has 0 saturated heterocycles. The van der Waals surface area contributed by atoms with E-state index in [1.807, 2.05) is 0 Å². The molecule has 0 atom stereocenters. The van der Waals surface area contributed by atoms with Crippen LogP contribution in [-0.4, -0.2) is 21.0 Å². The van der Waals surface area contributed by atoms with Crippen molar-refractivity contribution in [2.45, 2.75) is 13.8 Å². The van der Waals surface area contributed by atoms with Gasteiger partial charge in [0, 0.05) is 5.56 Å². The molecule has 0 aliphatic heterocycles. The highest BCUT2D eigenvalue weighted by Gasteiger charge is 2.24. The van der Waals surface area contributed by atoms with E-state index in [1.165, 1.54) is 13.8 Å². The van der Waals surface area contributed by atoms with Gasteiger partial charge in [0.25, 0.3) is 11.2 Å². The number of nitro groups is 1. The number of carboxylic acid groups (broad SMARTS) is 1. The summed E-state index contributed by atoms with van der Waals surface area (Å²) in [6.07, 6.45) is 0. The van der Waals surface area contributed by atoms with Crippen molar-refractivity contribution in [3.63, 3.8) is 0 Å². The fourth-order valence-corrected chi connectivity index (χ4v) is 1.39. The lowest BCUT2D eigenvalue weighted by Gasteiger charge is -2.03. The number of H-pyrrole nitrogens is 1. The molecular weight excluding hydrogens is 204 g/mol. The highest BCUT2D eigenvalue weighted by Crippen LogP contribution is 2.21. The maximum Gasteiger partial charge on any atom is 0.341 e. The first-order valence-electron chi connectivity index (χ1n) is 3.97. The maximum absolute atomic E-state index is 11.2. The highest BCUT2D eigenvalue weighted by molar-refractivity contribution is 5.90. The van der Waals surface area contributed by atoms with Crippen molar-refractivity contribution in [1.82, 2.24) is 4.98 Å². The minimum atomic E-state index is -1.48. The Morgan fingerprint density at radius 1 is 1.47 bits per heavy atom. The van der Waals surface area contributed by atoms with E-state index < -0.39 is 22.0 Å². The number of carboxylic acids is 1. The number of nitrogens with zero attached hydrogens (tertiary/aromatic N) is 1. The quantitative estimate of drug-likeness (QED) is 0.550. The van der Waals surface area contributed by atoms with Gasteiger partial charge >= 0.3 is 5.97 Å². The van der Waals surface area contributed by atoms with Gasteiger partial charge in [-0.1, -0.05) is 0 Å². The Labute approximate surface area is 83.5 Å². The van der Waals surface area contributed by atoms with E-state index in [-0.39, 0.29) is 16.9 Å². The molecule has 1 heterocycles. The van der Waals surface area contributed by atoms with E-state index in [0.717, 1.165) is 0 Å². The van der Waals surface area contributed by atoms with Crippen LogP contribution in [-0.2, 0) is 0 Å². The summed E-state index contributed by atoms with van der Waals surface area (Å²) in [7, 11) is 0. The van der Waals surface area contributed by atoms with Crippen molar-refractivity contribution in [1.29, 1.82) is 0 Å². The summed E-state index contributed by atoms with van der Waals surface area (Å²) >= 11 is 0. The van der Waals surface area contributed by atoms with Gasteiger partial charge in [-0.05, 0) is 13.8 Å². The maximum atomic E-state index is 11.2. The summed E-state index contributed by atoms with van der Waals surface area (Å²) in [5.41, 5.74) is -1.87. The van der Waals surface area contributed by atoms with Crippen LogP contribution >= 0.6 is 0 Å². The standard InChI is InChI=1S/C8H8N2O5/c1-3-5(8(12)13)7(11)9-4(2)6(3)10(14)15/h1-2H3,(H,9,11)(H,12,13). The molecule has 1 aromatic heterocycles. The van der Waals surface area contributed by atoms with Crippen LogP contribution in [0.1, 0.15) is 21.6 Å². The first kappa shape index (κ1) is 10.9. The minimum absolute atomic E-state index is 0.0486. The molecule has 0 aliphatic carbocycles. The molecule has 0 unspecified atom stereocenters. The van der Waals surface area contributed by atoms with E-state index in [9.17, 15) is 19.7 Å². The first-order chi connectivity index (χ1) is 6.86. The molecule has 0 aromatic carbocycles. The van der Waals surface area contributed by atoms with Crippen molar-refractivity contribution in [2.24, 2.45) is 0 Å². The van der Waals surface area contributed by atoms with Crippen LogP contribution in [0.25, 0.3) is 0 Å². The molecule has 0 aliphatic rings. The Kier molecular flexibility index (Phi) is 2.56. The van der Waals surface area contributed by atoms with Gasteiger partial charge in [0.1, 0.15) is 5.56 Å². The number of pyridine rings is 1. The van der Waals surface area contributed by atoms with Gasteiger partial charge in [0.15, 0.2) is 0 Å². The highest BCUT2D eigenvalue weighted by atomic mass is 16.6. The van der Waals surface area contributed by atoms with Gasteiger partial charge in [-0.25, -0.2) is 4.79 Å². The molecule has 7 nitrogen and oxygen atoms in total. The number of aromatic amines is 1. The predicted octanol–water partition coefficient (Wildman–Crippen LogP) is 0.598. The molecule has 0 saturated carbocycles. The van der Waals surface area contributed by atoms with Crippen molar-refractivity contribution in [2.75, 3.05) is 0 Å². The number of aromatic carboxylic acids is 1. The zero-order valence-corrected chi connectivity index (χ0v) is 8.03. The fourth-order valence-electron chi connectivity index (χ4n) is 1.39. The van der Waals surface area contributed by atoms with Gasteiger partial charge in [-0.3, -0.25) is 14.9 Å². The zero-order chi connectivity index (χ0) is 11.7. The molecule has 0 amide bonds. The van der Waals surface area contributed by atoms with Crippen LogP contribution in [0.3, 0.4) is 0 Å². The Hall–Kier alpha value is -2.18. The third-order valence-electron chi connectivity index (χ3n) is 2.01. The van der Waals surface area contributed by atoms with E-state index in [1.54, 1.807) is 0 Å². The Morgan fingerprint density at radius 3 is 2.40 bits per heavy atom. The zero-order valence-electron chi connectivity index (χ0n) is 8.03. The summed E-state index contributed by atoms with van der Waals surface area (Å²) in [4.78, 5) is 33.9. The topological polar surface area (TPSA) is 113 Å². The first-order valence-corrected chi connectivity index (χ1v) is 3.97. The third-order valence-corrected chi connectivity index (χ3v) is 2.01. The summed E-state index contributed by atoms with van der Waals surface area (Å²) < 4.78 is 0. The Morgan fingerprint density at radius 2 is 2.00 bits per heavy atom. The number of carbonyl (C=O) groups is 1. The van der Waals surface area contributed by atoms with Crippen LogP contribution in [0.5, 0.6) is 0 Å². The van der Waals surface area contributed by atoms with Crippen molar-refractivity contribution < 1.29 is 14.8 Å². The fraction of sp³-hybridized carbons (Fsp3) is 0.250. The summed E-state index contributed by atoms with van der Waals surface area (Å²) in [5.74, 6) is -1.48. The van der Waals surface area contributed by atoms with Crippen molar-refractivity contribution in [3.05, 3.63) is 37.3 Å². The normalized spacial score (nSPS) is 10.0. The van der Waals surface area contributed by atoms with Crippen LogP contribution in [0.4, 0.5) is 5.69 Å². The summed E-state index contributed by atoms with van der Waals surface area (Å²) in [6, 6.07) is 0. The number of aryl methyl sites for hydroxylation is 1. The second-order valence-corrected chi connectivity index (χ2v) is 2.99. The Balaban J connectivity index is 3.72. The van der Waals surface area contributed by atoms with Gasteiger partial charge < -0.3 is 10.1 Å². The lowest BCUT2D eigenvalue weighted by Crippen LogP contribution is -2.21. The molecule has 0 spiro atoms. The molecule has 0 fully saturated rings. The number of hydrogen-bond acceptors (Lipinski definition) is 4. The molecule has 7 heteroatoms. The lowest BCUT2D eigenvalue weighted by molar-refractivity contribution is -0.386. The van der Waals surface area contributed by atoms with Crippen LogP contribution in [0.2, 0.25) is 0 Å². The molecule has 1 rings (SSSR count). The minimum Gasteiger partial charge on any atom is -0.477 e. The summed E-state index contributed by atoms with van der Waals surface area (Å²) in [6.45, 7) is 2.59. The number of aromatic nitrogens is 1. The van der Waals surface area contributed by atoms with Gasteiger partial charge in [-0.2, -0.15) is 0 Å². The van der Waals surface area contributed by atoms with Crippen molar-refractivity contribution in [3.8, 4) is 0 Å². The molecule has 15 heavy (non-hydrogen) atoms.